The molecule has 122 valence electrons. The molecule has 7 heteroatoms. The number of nitrogens with zero attached hydrogens (tertiary/aromatic N) is 2. The molecule has 0 radical (unpaired) electrons. The zero-order chi connectivity index (χ0) is 17.3. The maximum atomic E-state index is 11.7. The number of nitrogens with one attached hydrogen (secondary N) is 1. The van der Waals surface area contributed by atoms with Crippen molar-refractivity contribution in [1.29, 1.82) is 0 Å². The first-order valence-corrected chi connectivity index (χ1v) is 7.14. The van der Waals surface area contributed by atoms with Gasteiger partial charge >= 0.3 is 5.69 Å². The minimum atomic E-state index is -0.839. The van der Waals surface area contributed by atoms with Gasteiger partial charge < -0.3 is 15.6 Å². The first-order chi connectivity index (χ1) is 11.5. The largest absolute Gasteiger partial charge is 0.508 e. The van der Waals surface area contributed by atoms with Crippen molar-refractivity contribution in [2.45, 2.75) is 0 Å². The van der Waals surface area contributed by atoms with Crippen LogP contribution in [0.25, 0.3) is 11.1 Å². The highest BCUT2D eigenvalue weighted by atomic mass is 16.5. The van der Waals surface area contributed by atoms with Gasteiger partial charge in [0.2, 0.25) is 0 Å². The molecular weight excluding hydrogens is 310 g/mol. The van der Waals surface area contributed by atoms with Gasteiger partial charge in [-0.15, -0.1) is 0 Å². The molecule has 1 heterocycles. The van der Waals surface area contributed by atoms with Gasteiger partial charge in [0.05, 0.1) is 0 Å². The van der Waals surface area contributed by atoms with Crippen LogP contribution in [-0.4, -0.2) is 19.6 Å². The van der Waals surface area contributed by atoms with Crippen molar-refractivity contribution in [3.63, 3.8) is 0 Å². The monoisotopic (exact) mass is 325 g/mol. The molecule has 2 aromatic carbocycles. The topological polar surface area (TPSA) is 96.5 Å². The molecule has 1 aromatic heterocycles. The quantitative estimate of drug-likeness (QED) is 0.639. The number of rotatable bonds is 3. The van der Waals surface area contributed by atoms with Gasteiger partial charge in [-0.2, -0.15) is 0 Å². The molecule has 3 rings (SSSR count). The fourth-order valence-electron chi connectivity index (χ4n) is 2.34. The van der Waals surface area contributed by atoms with E-state index >= 15 is 0 Å². The Labute approximate surface area is 136 Å². The predicted octanol–water partition coefficient (Wildman–Crippen LogP) is 1.90. The van der Waals surface area contributed by atoms with Crippen LogP contribution in [0.5, 0.6) is 5.75 Å². The van der Waals surface area contributed by atoms with Gasteiger partial charge in [-0.25, -0.2) is 4.79 Å². The molecule has 0 aliphatic heterocycles. The third kappa shape index (κ3) is 2.87. The molecular formula is C17H15N3O4. The van der Waals surface area contributed by atoms with Crippen LogP contribution in [0, 0.1) is 0 Å². The zero-order valence-electron chi connectivity index (χ0n) is 12.8. The third-order valence-corrected chi connectivity index (χ3v) is 3.61. The maximum Gasteiger partial charge on any atom is 0.365 e. The maximum absolute atomic E-state index is 11.7. The van der Waals surface area contributed by atoms with E-state index in [1.807, 2.05) is 24.3 Å². The lowest BCUT2D eigenvalue weighted by Crippen LogP contribution is -2.37. The van der Waals surface area contributed by atoms with E-state index in [4.69, 9.17) is 0 Å². The van der Waals surface area contributed by atoms with Gasteiger partial charge in [0.25, 0.3) is 5.56 Å². The first-order valence-electron chi connectivity index (χ1n) is 7.14. The molecule has 0 saturated heterocycles. The summed E-state index contributed by atoms with van der Waals surface area (Å²) in [6.45, 7) is 0. The second-order valence-corrected chi connectivity index (χ2v) is 5.28. The summed E-state index contributed by atoms with van der Waals surface area (Å²) in [5.74, 6) is 0.420. The first kappa shape index (κ1) is 15.4. The molecule has 24 heavy (non-hydrogen) atoms. The van der Waals surface area contributed by atoms with Crippen LogP contribution in [0.4, 0.5) is 11.5 Å². The Kier molecular flexibility index (Phi) is 3.83. The van der Waals surface area contributed by atoms with Crippen molar-refractivity contribution >= 4 is 11.5 Å². The van der Waals surface area contributed by atoms with Crippen molar-refractivity contribution in [2.75, 3.05) is 5.32 Å². The van der Waals surface area contributed by atoms with E-state index in [1.54, 1.807) is 24.3 Å². The SMILES string of the molecule is Cn1c(Nc2cccc(-c3cccc(O)c3)c2)cc(=O)n(O)c1=O. The molecule has 0 unspecified atom stereocenters. The summed E-state index contributed by atoms with van der Waals surface area (Å²) in [6.07, 6.45) is 0. The molecule has 3 aromatic rings. The van der Waals surface area contributed by atoms with Gasteiger partial charge in [0.15, 0.2) is 0 Å². The summed E-state index contributed by atoms with van der Waals surface area (Å²) < 4.78 is 1.18. The Balaban J connectivity index is 2.00. The fourth-order valence-corrected chi connectivity index (χ4v) is 2.34. The number of aromatic nitrogens is 2. The normalized spacial score (nSPS) is 10.5. The molecule has 0 amide bonds. The molecule has 0 saturated carbocycles. The van der Waals surface area contributed by atoms with E-state index in [0.717, 1.165) is 21.8 Å². The van der Waals surface area contributed by atoms with E-state index in [2.05, 4.69) is 5.32 Å². The number of benzene rings is 2. The average molecular weight is 325 g/mol. The number of phenolic OH excluding ortho intramolecular Hbond substituents is 1. The second kappa shape index (κ2) is 5.96. The fraction of sp³-hybridized carbons (Fsp3) is 0.0588. The summed E-state index contributed by atoms with van der Waals surface area (Å²) >= 11 is 0. The molecule has 0 fully saturated rings. The van der Waals surface area contributed by atoms with Crippen molar-refractivity contribution in [1.82, 2.24) is 9.30 Å². The van der Waals surface area contributed by atoms with Crippen LogP contribution in [0.15, 0.2) is 64.2 Å². The molecule has 7 nitrogen and oxygen atoms in total. The minimum Gasteiger partial charge on any atom is -0.508 e. The lowest BCUT2D eigenvalue weighted by molar-refractivity contribution is 0.156. The van der Waals surface area contributed by atoms with Crippen LogP contribution < -0.4 is 16.6 Å². The number of anilines is 2. The minimum absolute atomic E-state index is 0.0499. The summed E-state index contributed by atoms with van der Waals surface area (Å²) in [7, 11) is 1.44. The standard InChI is InChI=1S/C17H15N3O4/c1-19-15(10-16(22)20(24)17(19)23)18-13-6-2-4-11(8-13)12-5-3-7-14(21)9-12/h2-10,18,21,24H,1H3. The van der Waals surface area contributed by atoms with Crippen LogP contribution in [0.3, 0.4) is 0 Å². The predicted molar refractivity (Wildman–Crippen MR) is 90.0 cm³/mol. The van der Waals surface area contributed by atoms with E-state index in [0.29, 0.717) is 5.69 Å². The van der Waals surface area contributed by atoms with Crippen LogP contribution in [-0.2, 0) is 7.05 Å². The van der Waals surface area contributed by atoms with Gasteiger partial charge in [-0.1, -0.05) is 29.0 Å². The molecule has 0 spiro atoms. The highest BCUT2D eigenvalue weighted by Crippen LogP contribution is 2.26. The van der Waals surface area contributed by atoms with E-state index in [9.17, 15) is 19.9 Å². The number of phenols is 1. The molecule has 0 aliphatic carbocycles. The van der Waals surface area contributed by atoms with Crippen LogP contribution in [0.2, 0.25) is 0 Å². The molecule has 0 bridgehead atoms. The molecule has 0 atom stereocenters. The second-order valence-electron chi connectivity index (χ2n) is 5.28. The van der Waals surface area contributed by atoms with Crippen LogP contribution >= 0.6 is 0 Å². The lowest BCUT2D eigenvalue weighted by atomic mass is 10.0. The summed E-state index contributed by atoms with van der Waals surface area (Å²) in [4.78, 5) is 23.3. The smallest absolute Gasteiger partial charge is 0.365 e. The number of hydrogen-bond acceptors (Lipinski definition) is 5. The summed E-state index contributed by atoms with van der Waals surface area (Å²) in [5.41, 5.74) is 0.689. The Morgan fingerprint density at radius 2 is 1.62 bits per heavy atom. The van der Waals surface area contributed by atoms with Crippen LogP contribution in [0.1, 0.15) is 0 Å². The highest BCUT2D eigenvalue weighted by molar-refractivity contribution is 5.71. The van der Waals surface area contributed by atoms with E-state index in [1.165, 1.54) is 7.05 Å². The zero-order valence-corrected chi connectivity index (χ0v) is 12.8. The van der Waals surface area contributed by atoms with Crippen molar-refractivity contribution in [2.24, 2.45) is 7.05 Å². The Morgan fingerprint density at radius 3 is 2.33 bits per heavy atom. The Morgan fingerprint density at radius 1 is 0.958 bits per heavy atom. The lowest BCUT2D eigenvalue weighted by Gasteiger charge is -2.12. The highest BCUT2D eigenvalue weighted by Gasteiger charge is 2.08. The van der Waals surface area contributed by atoms with E-state index < -0.39 is 11.2 Å². The van der Waals surface area contributed by atoms with Gasteiger partial charge in [0, 0.05) is 18.8 Å². The third-order valence-electron chi connectivity index (χ3n) is 3.61. The molecule has 3 N–H and O–H groups in total. The van der Waals surface area contributed by atoms with Gasteiger partial charge in [0.1, 0.15) is 11.6 Å². The van der Waals surface area contributed by atoms with Crippen molar-refractivity contribution in [3.05, 3.63) is 75.4 Å². The van der Waals surface area contributed by atoms with E-state index in [-0.39, 0.29) is 16.3 Å². The summed E-state index contributed by atoms with van der Waals surface area (Å²) in [5, 5.41) is 21.9. The van der Waals surface area contributed by atoms with Crippen molar-refractivity contribution < 1.29 is 10.3 Å². The van der Waals surface area contributed by atoms with Gasteiger partial charge in [-0.3, -0.25) is 9.36 Å². The Bertz CT molecular complexity index is 1020. The number of aromatic hydroxyl groups is 1. The Hall–Kier alpha value is -3.48. The van der Waals surface area contributed by atoms with Gasteiger partial charge in [-0.05, 0) is 35.4 Å². The summed E-state index contributed by atoms with van der Waals surface area (Å²) in [6, 6.07) is 15.3. The average Bonchev–Trinajstić information content (AvgIpc) is 2.58. The van der Waals surface area contributed by atoms with Crippen molar-refractivity contribution in [3.8, 4) is 16.9 Å². The molecule has 0 aliphatic rings. The number of hydrogen-bond donors (Lipinski definition) is 3.